The molecule has 7 heteroatoms. The minimum absolute atomic E-state index is 0.0493. The molecule has 28 heavy (non-hydrogen) atoms. The predicted octanol–water partition coefficient (Wildman–Crippen LogP) is 4.50. The van der Waals surface area contributed by atoms with Crippen molar-refractivity contribution in [2.75, 3.05) is 7.11 Å². The van der Waals surface area contributed by atoms with Crippen molar-refractivity contribution >= 4 is 23.6 Å². The first-order chi connectivity index (χ1) is 13.3. The molecule has 0 heterocycles. The van der Waals surface area contributed by atoms with E-state index in [0.717, 1.165) is 5.56 Å². The smallest absolute Gasteiger partial charge is 0.262 e. The van der Waals surface area contributed by atoms with Crippen LogP contribution >= 0.6 is 11.6 Å². The number of amides is 1. The van der Waals surface area contributed by atoms with Gasteiger partial charge in [-0.1, -0.05) is 23.7 Å². The van der Waals surface area contributed by atoms with Crippen molar-refractivity contribution in [3.63, 3.8) is 0 Å². The minimum Gasteiger partial charge on any atom is -0.493 e. The topological polar surface area (TPSA) is 71.3 Å². The molecule has 0 spiro atoms. The molecule has 0 bridgehead atoms. The quantitative estimate of drug-likeness (QED) is 0.546. The number of rotatable bonds is 7. The number of carbonyl (C=O) groups excluding carboxylic acids is 1. The molecule has 0 saturated heterocycles. The molecule has 0 saturated carbocycles. The van der Waals surface area contributed by atoms with Gasteiger partial charge in [-0.05, 0) is 55.3 Å². The van der Waals surface area contributed by atoms with Crippen molar-refractivity contribution < 1.29 is 18.7 Å². The largest absolute Gasteiger partial charge is 0.493 e. The van der Waals surface area contributed by atoms with Crippen LogP contribution in [-0.4, -0.2) is 19.1 Å². The summed E-state index contributed by atoms with van der Waals surface area (Å²) in [6.07, 6.45) is 1.43. The fourth-order valence-electron chi connectivity index (χ4n) is 2.35. The molecule has 0 unspecified atom stereocenters. The number of nitrogens with one attached hydrogen (secondary N) is 1. The molecule has 0 fully saturated rings. The van der Waals surface area contributed by atoms with Crippen molar-refractivity contribution in [2.24, 2.45) is 0 Å². The van der Waals surface area contributed by atoms with Gasteiger partial charge in [0.15, 0.2) is 11.5 Å². The van der Waals surface area contributed by atoms with Gasteiger partial charge in [0.1, 0.15) is 24.1 Å². The van der Waals surface area contributed by atoms with E-state index in [4.69, 9.17) is 21.1 Å². The molecule has 1 N–H and O–H groups in total. The van der Waals surface area contributed by atoms with Crippen molar-refractivity contribution in [3.05, 3.63) is 63.9 Å². The Bertz CT molecular complexity index is 918. The van der Waals surface area contributed by atoms with Gasteiger partial charge in [-0.2, -0.15) is 5.26 Å². The highest BCUT2D eigenvalue weighted by molar-refractivity contribution is 6.32. The summed E-state index contributed by atoms with van der Waals surface area (Å²) in [6.45, 7) is 3.78. The lowest BCUT2D eigenvalue weighted by Gasteiger charge is -2.14. The summed E-state index contributed by atoms with van der Waals surface area (Å²) in [4.78, 5) is 12.1. The van der Waals surface area contributed by atoms with Crippen LogP contribution < -0.4 is 14.8 Å². The Morgan fingerprint density at radius 3 is 2.57 bits per heavy atom. The summed E-state index contributed by atoms with van der Waals surface area (Å²) in [6, 6.07) is 10.9. The van der Waals surface area contributed by atoms with Crippen molar-refractivity contribution in [2.45, 2.75) is 26.5 Å². The maximum atomic E-state index is 13.0. The molecule has 146 valence electrons. The minimum atomic E-state index is -0.468. The Morgan fingerprint density at radius 2 is 2.00 bits per heavy atom. The Hall–Kier alpha value is -3.04. The van der Waals surface area contributed by atoms with Gasteiger partial charge in [0.25, 0.3) is 5.91 Å². The lowest BCUT2D eigenvalue weighted by molar-refractivity contribution is -0.117. The maximum absolute atomic E-state index is 13.0. The third-order valence-electron chi connectivity index (χ3n) is 3.64. The number of hydrogen-bond acceptors (Lipinski definition) is 4. The number of carbonyl (C=O) groups is 1. The standard InChI is InChI=1S/C21H20ClFN2O3/c1-13(2)25-21(26)16(11-24)8-15-9-18(22)20(19(10-15)27-3)28-12-14-4-6-17(23)7-5-14/h4-10,13H,12H2,1-3H3,(H,25,26)/b16-8-. The van der Waals surface area contributed by atoms with E-state index in [-0.39, 0.29) is 29.1 Å². The first-order valence-corrected chi connectivity index (χ1v) is 8.89. The number of nitriles is 1. The second-order valence-corrected chi connectivity index (χ2v) is 6.65. The Kier molecular flexibility index (Phi) is 7.42. The molecule has 2 aromatic rings. The molecular weight excluding hydrogens is 383 g/mol. The van der Waals surface area contributed by atoms with Crippen LogP contribution in [0.4, 0.5) is 4.39 Å². The summed E-state index contributed by atoms with van der Waals surface area (Å²) < 4.78 is 24.1. The van der Waals surface area contributed by atoms with Crippen molar-refractivity contribution in [1.82, 2.24) is 5.32 Å². The molecular formula is C21H20ClFN2O3. The van der Waals surface area contributed by atoms with Crippen LogP contribution in [0.25, 0.3) is 6.08 Å². The average molecular weight is 403 g/mol. The van der Waals surface area contributed by atoms with Crippen LogP contribution in [0.1, 0.15) is 25.0 Å². The fourth-order valence-corrected chi connectivity index (χ4v) is 2.63. The highest BCUT2D eigenvalue weighted by Crippen LogP contribution is 2.37. The van der Waals surface area contributed by atoms with Gasteiger partial charge < -0.3 is 14.8 Å². The van der Waals surface area contributed by atoms with Crippen LogP contribution in [0.2, 0.25) is 5.02 Å². The van der Waals surface area contributed by atoms with Gasteiger partial charge in [-0.25, -0.2) is 4.39 Å². The highest BCUT2D eigenvalue weighted by Gasteiger charge is 2.14. The first kappa shape index (κ1) is 21.3. The molecule has 0 aliphatic rings. The van der Waals surface area contributed by atoms with E-state index in [0.29, 0.717) is 17.1 Å². The lowest BCUT2D eigenvalue weighted by Crippen LogP contribution is -2.30. The third kappa shape index (κ3) is 5.73. The number of halogens is 2. The van der Waals surface area contributed by atoms with Crippen LogP contribution in [0.15, 0.2) is 42.0 Å². The van der Waals surface area contributed by atoms with Crippen LogP contribution in [0.3, 0.4) is 0 Å². The number of ether oxygens (including phenoxy) is 2. The zero-order valence-corrected chi connectivity index (χ0v) is 16.5. The van der Waals surface area contributed by atoms with E-state index in [9.17, 15) is 14.4 Å². The Morgan fingerprint density at radius 1 is 1.32 bits per heavy atom. The monoisotopic (exact) mass is 402 g/mol. The zero-order chi connectivity index (χ0) is 20.7. The molecule has 5 nitrogen and oxygen atoms in total. The number of nitrogens with zero attached hydrogens (tertiary/aromatic N) is 1. The maximum Gasteiger partial charge on any atom is 0.262 e. The van der Waals surface area contributed by atoms with Gasteiger partial charge in [0.05, 0.1) is 12.1 Å². The molecule has 0 aromatic heterocycles. The van der Waals surface area contributed by atoms with E-state index in [1.54, 1.807) is 38.1 Å². The van der Waals surface area contributed by atoms with Crippen LogP contribution in [-0.2, 0) is 11.4 Å². The molecule has 0 radical (unpaired) electrons. The van der Waals surface area contributed by atoms with Crippen LogP contribution in [0.5, 0.6) is 11.5 Å². The van der Waals surface area contributed by atoms with E-state index >= 15 is 0 Å². The second kappa shape index (κ2) is 9.77. The van der Waals surface area contributed by atoms with E-state index in [1.807, 2.05) is 6.07 Å². The second-order valence-electron chi connectivity index (χ2n) is 6.25. The normalized spacial score (nSPS) is 11.1. The molecule has 2 rings (SSSR count). The van der Waals surface area contributed by atoms with Crippen molar-refractivity contribution in [3.8, 4) is 17.6 Å². The van der Waals surface area contributed by atoms with E-state index in [1.165, 1.54) is 25.3 Å². The summed E-state index contributed by atoms with van der Waals surface area (Å²) in [5, 5.41) is 12.2. The predicted molar refractivity (Wildman–Crippen MR) is 106 cm³/mol. The molecule has 0 atom stereocenters. The van der Waals surface area contributed by atoms with E-state index in [2.05, 4.69) is 5.32 Å². The molecule has 2 aromatic carbocycles. The Balaban J connectivity index is 2.27. The van der Waals surface area contributed by atoms with Gasteiger partial charge in [-0.3, -0.25) is 4.79 Å². The number of benzene rings is 2. The summed E-state index contributed by atoms with van der Waals surface area (Å²) in [5.41, 5.74) is 1.24. The van der Waals surface area contributed by atoms with E-state index < -0.39 is 5.91 Å². The number of hydrogen-bond donors (Lipinski definition) is 1. The highest BCUT2D eigenvalue weighted by atomic mass is 35.5. The van der Waals surface area contributed by atoms with Gasteiger partial charge in [-0.15, -0.1) is 0 Å². The Labute approximate surface area is 168 Å². The van der Waals surface area contributed by atoms with Gasteiger partial charge >= 0.3 is 0 Å². The van der Waals surface area contributed by atoms with Gasteiger partial charge in [0, 0.05) is 6.04 Å². The number of methoxy groups -OCH3 is 1. The summed E-state index contributed by atoms with van der Waals surface area (Å²) in [5.74, 6) is -0.132. The zero-order valence-electron chi connectivity index (χ0n) is 15.8. The fraction of sp³-hybridized carbons (Fsp3) is 0.238. The molecule has 1 amide bonds. The molecule has 0 aliphatic carbocycles. The summed E-state index contributed by atoms with van der Waals surface area (Å²) in [7, 11) is 1.46. The van der Waals surface area contributed by atoms with Gasteiger partial charge in [0.2, 0.25) is 0 Å². The van der Waals surface area contributed by atoms with Crippen LogP contribution in [0, 0.1) is 17.1 Å². The summed E-state index contributed by atoms with van der Waals surface area (Å²) >= 11 is 6.32. The van der Waals surface area contributed by atoms with Crippen molar-refractivity contribution in [1.29, 1.82) is 5.26 Å². The first-order valence-electron chi connectivity index (χ1n) is 8.51. The lowest BCUT2D eigenvalue weighted by atomic mass is 10.1. The third-order valence-corrected chi connectivity index (χ3v) is 3.92. The average Bonchev–Trinajstić information content (AvgIpc) is 2.65. The molecule has 0 aliphatic heterocycles. The SMILES string of the molecule is COc1cc(/C=C(/C#N)C(=O)NC(C)C)cc(Cl)c1OCc1ccc(F)cc1.